The third-order valence-electron chi connectivity index (χ3n) is 6.07. The van der Waals surface area contributed by atoms with Gasteiger partial charge in [0, 0.05) is 35.3 Å². The molecule has 1 amide bonds. The molecule has 2 aliphatic heterocycles. The van der Waals surface area contributed by atoms with Gasteiger partial charge in [-0.25, -0.2) is 9.97 Å². The van der Waals surface area contributed by atoms with Gasteiger partial charge in [-0.1, -0.05) is 48.0 Å². The number of hydrogen-bond donors (Lipinski definition) is 0. The minimum atomic E-state index is 0.0896. The van der Waals surface area contributed by atoms with E-state index in [0.717, 1.165) is 53.0 Å². The van der Waals surface area contributed by atoms with Gasteiger partial charge in [0.2, 0.25) is 0 Å². The molecule has 2 aromatic carbocycles. The van der Waals surface area contributed by atoms with Crippen LogP contribution >= 0.6 is 0 Å². The Hall–Kier alpha value is -3.01. The SMILES string of the molecule is Cc1ccc(C(=O)N2[C@H]3CC[C@@H]2c2cnc(-c4ccccc4)nc2C3)c(C)c1. The third kappa shape index (κ3) is 2.71. The first-order valence-electron chi connectivity index (χ1n) is 9.93. The van der Waals surface area contributed by atoms with Gasteiger partial charge in [-0.3, -0.25) is 4.79 Å². The number of nitrogens with zero attached hydrogens (tertiary/aromatic N) is 3. The van der Waals surface area contributed by atoms with E-state index in [1.54, 1.807) is 0 Å². The highest BCUT2D eigenvalue weighted by Crippen LogP contribution is 2.44. The lowest BCUT2D eigenvalue weighted by atomic mass is 9.96. The Kier molecular flexibility index (Phi) is 4.00. The Morgan fingerprint density at radius 2 is 1.89 bits per heavy atom. The lowest BCUT2D eigenvalue weighted by Gasteiger charge is -2.36. The van der Waals surface area contributed by atoms with Gasteiger partial charge in [-0.15, -0.1) is 0 Å². The molecular weight excluding hydrogens is 346 g/mol. The first kappa shape index (κ1) is 17.1. The second-order valence-corrected chi connectivity index (χ2v) is 7.94. The number of benzene rings is 2. The monoisotopic (exact) mass is 369 g/mol. The van der Waals surface area contributed by atoms with Gasteiger partial charge in [0.15, 0.2) is 5.82 Å². The van der Waals surface area contributed by atoms with Crippen molar-refractivity contribution in [3.05, 3.63) is 82.7 Å². The molecule has 0 saturated carbocycles. The molecule has 1 aromatic heterocycles. The number of carbonyl (C=O) groups is 1. The van der Waals surface area contributed by atoms with E-state index < -0.39 is 0 Å². The van der Waals surface area contributed by atoms with Crippen LogP contribution in [0.5, 0.6) is 0 Å². The van der Waals surface area contributed by atoms with E-state index in [2.05, 4.69) is 22.9 Å². The van der Waals surface area contributed by atoms with Crippen LogP contribution in [0, 0.1) is 13.8 Å². The molecule has 28 heavy (non-hydrogen) atoms. The van der Waals surface area contributed by atoms with Crippen LogP contribution in [0.15, 0.2) is 54.7 Å². The summed E-state index contributed by atoms with van der Waals surface area (Å²) in [6.07, 6.45) is 4.77. The van der Waals surface area contributed by atoms with E-state index in [0.29, 0.717) is 0 Å². The van der Waals surface area contributed by atoms with Crippen LogP contribution in [0.3, 0.4) is 0 Å². The average molecular weight is 369 g/mol. The van der Waals surface area contributed by atoms with Crippen LogP contribution in [0.25, 0.3) is 11.4 Å². The topological polar surface area (TPSA) is 46.1 Å². The van der Waals surface area contributed by atoms with Crippen LogP contribution in [0.4, 0.5) is 0 Å². The Bertz CT molecular complexity index is 1060. The first-order chi connectivity index (χ1) is 13.6. The molecule has 0 N–H and O–H groups in total. The molecule has 140 valence electrons. The molecule has 5 rings (SSSR count). The van der Waals surface area contributed by atoms with Crippen molar-refractivity contribution in [3.8, 4) is 11.4 Å². The van der Waals surface area contributed by atoms with Crippen LogP contribution in [0.2, 0.25) is 0 Å². The molecule has 4 heteroatoms. The molecular formula is C24H23N3O. The van der Waals surface area contributed by atoms with Gasteiger partial charge >= 0.3 is 0 Å². The maximum Gasteiger partial charge on any atom is 0.254 e. The summed E-state index contributed by atoms with van der Waals surface area (Å²) in [5.74, 6) is 0.913. The van der Waals surface area contributed by atoms with E-state index >= 15 is 0 Å². The van der Waals surface area contributed by atoms with Crippen molar-refractivity contribution in [2.45, 2.75) is 45.2 Å². The number of aromatic nitrogens is 2. The lowest BCUT2D eigenvalue weighted by Crippen LogP contribution is -2.42. The highest BCUT2D eigenvalue weighted by atomic mass is 16.2. The van der Waals surface area contributed by atoms with E-state index in [9.17, 15) is 4.79 Å². The predicted molar refractivity (Wildman–Crippen MR) is 109 cm³/mol. The number of fused-ring (bicyclic) bond motifs is 4. The molecule has 2 bridgehead atoms. The predicted octanol–water partition coefficient (Wildman–Crippen LogP) is 4.66. The van der Waals surface area contributed by atoms with Crippen molar-refractivity contribution >= 4 is 5.91 Å². The number of amides is 1. The largest absolute Gasteiger partial charge is 0.328 e. The van der Waals surface area contributed by atoms with Crippen molar-refractivity contribution in [1.29, 1.82) is 0 Å². The molecule has 0 unspecified atom stereocenters. The molecule has 3 heterocycles. The van der Waals surface area contributed by atoms with Gasteiger partial charge in [0.05, 0.1) is 11.7 Å². The molecule has 0 aliphatic carbocycles. The Balaban J connectivity index is 1.50. The molecule has 0 spiro atoms. The van der Waals surface area contributed by atoms with Gasteiger partial charge in [0.1, 0.15) is 0 Å². The Morgan fingerprint density at radius 3 is 2.68 bits per heavy atom. The number of aryl methyl sites for hydroxylation is 2. The van der Waals surface area contributed by atoms with Crippen molar-refractivity contribution in [2.75, 3.05) is 0 Å². The molecule has 1 fully saturated rings. The summed E-state index contributed by atoms with van der Waals surface area (Å²) in [5, 5.41) is 0. The number of hydrogen-bond acceptors (Lipinski definition) is 3. The fourth-order valence-corrected chi connectivity index (χ4v) is 4.71. The van der Waals surface area contributed by atoms with Crippen LogP contribution in [-0.4, -0.2) is 26.8 Å². The second kappa shape index (κ2) is 6.55. The fourth-order valence-electron chi connectivity index (χ4n) is 4.71. The summed E-state index contributed by atoms with van der Waals surface area (Å²) < 4.78 is 0. The summed E-state index contributed by atoms with van der Waals surface area (Å²) in [6, 6.07) is 16.5. The minimum absolute atomic E-state index is 0.0896. The molecule has 1 saturated heterocycles. The zero-order valence-electron chi connectivity index (χ0n) is 16.2. The lowest BCUT2D eigenvalue weighted by molar-refractivity contribution is 0.0643. The fraction of sp³-hybridized carbons (Fsp3) is 0.292. The van der Waals surface area contributed by atoms with Gasteiger partial charge in [-0.05, 0) is 38.3 Å². The smallest absolute Gasteiger partial charge is 0.254 e. The minimum Gasteiger partial charge on any atom is -0.328 e. The van der Waals surface area contributed by atoms with E-state index in [1.165, 1.54) is 5.56 Å². The Labute approximate surface area is 165 Å². The molecule has 4 nitrogen and oxygen atoms in total. The summed E-state index contributed by atoms with van der Waals surface area (Å²) in [6.45, 7) is 4.08. The second-order valence-electron chi connectivity index (χ2n) is 7.94. The molecule has 2 atom stereocenters. The highest BCUT2D eigenvalue weighted by Gasteiger charge is 2.43. The van der Waals surface area contributed by atoms with E-state index in [1.807, 2.05) is 55.6 Å². The Morgan fingerprint density at radius 1 is 1.07 bits per heavy atom. The number of carbonyl (C=O) groups excluding carboxylic acids is 1. The summed E-state index contributed by atoms with van der Waals surface area (Å²) in [4.78, 5) is 25.0. The summed E-state index contributed by atoms with van der Waals surface area (Å²) in [7, 11) is 0. The third-order valence-corrected chi connectivity index (χ3v) is 6.07. The zero-order valence-corrected chi connectivity index (χ0v) is 16.2. The van der Waals surface area contributed by atoms with Crippen molar-refractivity contribution in [3.63, 3.8) is 0 Å². The normalized spacial score (nSPS) is 20.1. The van der Waals surface area contributed by atoms with Gasteiger partial charge in [0.25, 0.3) is 5.91 Å². The van der Waals surface area contributed by atoms with E-state index in [-0.39, 0.29) is 18.0 Å². The molecule has 0 radical (unpaired) electrons. The quantitative estimate of drug-likeness (QED) is 0.660. The average Bonchev–Trinajstić information content (AvgIpc) is 3.02. The zero-order chi connectivity index (χ0) is 19.3. The standard InChI is InChI=1S/C24H23N3O/c1-15-8-10-19(16(2)12-15)24(28)27-18-9-11-22(27)20-14-25-23(26-21(20)13-18)17-6-4-3-5-7-17/h3-8,10,12,14,18,22H,9,11,13H2,1-2H3/t18-,22+/m0/s1. The van der Waals surface area contributed by atoms with Gasteiger partial charge < -0.3 is 4.90 Å². The van der Waals surface area contributed by atoms with Gasteiger partial charge in [-0.2, -0.15) is 0 Å². The van der Waals surface area contributed by atoms with Crippen LogP contribution in [-0.2, 0) is 6.42 Å². The number of rotatable bonds is 2. The molecule has 2 aliphatic rings. The highest BCUT2D eigenvalue weighted by molar-refractivity contribution is 5.96. The maximum absolute atomic E-state index is 13.4. The molecule has 3 aromatic rings. The summed E-state index contributed by atoms with van der Waals surface area (Å²) >= 11 is 0. The van der Waals surface area contributed by atoms with Crippen LogP contribution in [0.1, 0.15) is 51.6 Å². The van der Waals surface area contributed by atoms with E-state index in [4.69, 9.17) is 4.98 Å². The van der Waals surface area contributed by atoms with Crippen molar-refractivity contribution in [1.82, 2.24) is 14.9 Å². The van der Waals surface area contributed by atoms with Crippen molar-refractivity contribution in [2.24, 2.45) is 0 Å². The van der Waals surface area contributed by atoms with Crippen molar-refractivity contribution < 1.29 is 4.79 Å². The first-order valence-corrected chi connectivity index (χ1v) is 9.93. The summed E-state index contributed by atoms with van der Waals surface area (Å²) in [5.41, 5.74) is 6.30. The maximum atomic E-state index is 13.4. The van der Waals surface area contributed by atoms with Crippen LogP contribution < -0.4 is 0 Å².